The molecular formula is C21H25N3O6S2. The summed E-state index contributed by atoms with van der Waals surface area (Å²) in [6.45, 7) is 0.231. The number of rotatable bonds is 10. The molecule has 2 aromatic carbocycles. The number of fused-ring (bicyclic) bond motifs is 1. The van der Waals surface area contributed by atoms with E-state index in [1.807, 2.05) is 18.4 Å². The third-order valence-electron chi connectivity index (χ3n) is 4.90. The van der Waals surface area contributed by atoms with Crippen molar-refractivity contribution in [2.24, 2.45) is 7.05 Å². The number of carbonyl (C=O) groups is 1. The molecule has 2 N–H and O–H groups in total. The number of aromatic nitrogens is 1. The maximum atomic E-state index is 13.0. The second kappa shape index (κ2) is 10.2. The van der Waals surface area contributed by atoms with Gasteiger partial charge >= 0.3 is 5.76 Å². The lowest BCUT2D eigenvalue weighted by Crippen LogP contribution is -2.46. The van der Waals surface area contributed by atoms with Gasteiger partial charge in [-0.3, -0.25) is 9.36 Å². The van der Waals surface area contributed by atoms with E-state index < -0.39 is 27.7 Å². The van der Waals surface area contributed by atoms with Gasteiger partial charge in [0, 0.05) is 19.7 Å². The highest BCUT2D eigenvalue weighted by Gasteiger charge is 2.26. The molecule has 1 heterocycles. The van der Waals surface area contributed by atoms with E-state index in [2.05, 4.69) is 10.0 Å². The smallest absolute Gasteiger partial charge is 0.419 e. The Labute approximate surface area is 190 Å². The maximum absolute atomic E-state index is 13.0. The van der Waals surface area contributed by atoms with Gasteiger partial charge in [0.15, 0.2) is 5.58 Å². The predicted molar refractivity (Wildman–Crippen MR) is 123 cm³/mol. The van der Waals surface area contributed by atoms with Gasteiger partial charge in [-0.25, -0.2) is 13.2 Å². The standard InChI is InChI=1S/C21H25N3O6S2/c1-24-18-8-7-16(12-19(18)30-21(24)26)32(27,28)23-17(9-10-31-3)20(25)22-13-14-5-4-6-15(11-14)29-2/h4-8,11-12,17,23H,9-10,13H2,1-3H3,(H,22,25)/t17-/m0/s1. The van der Waals surface area contributed by atoms with E-state index in [0.29, 0.717) is 23.4 Å². The van der Waals surface area contributed by atoms with Crippen LogP contribution < -0.4 is 20.5 Å². The van der Waals surface area contributed by atoms with Crippen LogP contribution in [0.5, 0.6) is 5.75 Å². The number of sulfonamides is 1. The summed E-state index contributed by atoms with van der Waals surface area (Å²) in [5, 5.41) is 2.78. The molecule has 0 spiro atoms. The van der Waals surface area contributed by atoms with Crippen molar-refractivity contribution in [1.82, 2.24) is 14.6 Å². The molecule has 9 nitrogen and oxygen atoms in total. The van der Waals surface area contributed by atoms with Crippen LogP contribution in [0.2, 0.25) is 0 Å². The highest BCUT2D eigenvalue weighted by molar-refractivity contribution is 7.98. The number of methoxy groups -OCH3 is 1. The Balaban J connectivity index is 1.77. The van der Waals surface area contributed by atoms with Crippen LogP contribution in [0.15, 0.2) is 56.6 Å². The fourth-order valence-corrected chi connectivity index (χ4v) is 4.83. The number of benzene rings is 2. The fourth-order valence-electron chi connectivity index (χ4n) is 3.11. The number of nitrogens with zero attached hydrogens (tertiary/aromatic N) is 1. The van der Waals surface area contributed by atoms with Crippen molar-refractivity contribution < 1.29 is 22.4 Å². The molecule has 0 saturated heterocycles. The monoisotopic (exact) mass is 479 g/mol. The van der Waals surface area contributed by atoms with E-state index in [-0.39, 0.29) is 17.0 Å². The Morgan fingerprint density at radius 1 is 1.25 bits per heavy atom. The molecule has 1 amide bonds. The molecule has 0 aliphatic rings. The zero-order chi connectivity index (χ0) is 23.3. The Hall–Kier alpha value is -2.76. The van der Waals surface area contributed by atoms with Gasteiger partial charge < -0.3 is 14.5 Å². The fraction of sp³-hybridized carbons (Fsp3) is 0.333. The van der Waals surface area contributed by atoms with Crippen molar-refractivity contribution in [3.8, 4) is 5.75 Å². The van der Waals surface area contributed by atoms with Crippen molar-refractivity contribution in [3.63, 3.8) is 0 Å². The third kappa shape index (κ3) is 5.53. The van der Waals surface area contributed by atoms with Crippen molar-refractivity contribution in [1.29, 1.82) is 0 Å². The number of ether oxygens (including phenoxy) is 1. The highest BCUT2D eigenvalue weighted by atomic mass is 32.2. The number of amides is 1. The van der Waals surface area contributed by atoms with Crippen molar-refractivity contribution in [2.45, 2.75) is 23.9 Å². The number of carbonyl (C=O) groups excluding carboxylic acids is 1. The normalized spacial score (nSPS) is 12.6. The first kappa shape index (κ1) is 23.9. The second-order valence-electron chi connectivity index (χ2n) is 7.08. The molecule has 0 saturated carbocycles. The van der Waals surface area contributed by atoms with E-state index in [9.17, 15) is 18.0 Å². The second-order valence-corrected chi connectivity index (χ2v) is 9.78. The molecule has 0 aliphatic carbocycles. The number of hydrogen-bond donors (Lipinski definition) is 2. The summed E-state index contributed by atoms with van der Waals surface area (Å²) in [7, 11) is -0.943. The van der Waals surface area contributed by atoms with Crippen LogP contribution in [-0.4, -0.2) is 44.1 Å². The van der Waals surface area contributed by atoms with Gasteiger partial charge in [-0.15, -0.1) is 0 Å². The Morgan fingerprint density at radius 2 is 2.03 bits per heavy atom. The first-order valence-electron chi connectivity index (χ1n) is 9.76. The number of thioether (sulfide) groups is 1. The Bertz CT molecular complexity index is 1270. The van der Waals surface area contributed by atoms with Gasteiger partial charge in [0.2, 0.25) is 15.9 Å². The third-order valence-corrected chi connectivity index (χ3v) is 7.01. The van der Waals surface area contributed by atoms with Crippen molar-refractivity contribution in [3.05, 3.63) is 58.6 Å². The molecule has 0 fully saturated rings. The minimum absolute atomic E-state index is 0.0888. The number of oxazole rings is 1. The summed E-state index contributed by atoms with van der Waals surface area (Å²) in [5.41, 5.74) is 1.46. The van der Waals surface area contributed by atoms with E-state index in [4.69, 9.17) is 9.15 Å². The summed E-state index contributed by atoms with van der Waals surface area (Å²) >= 11 is 1.51. The lowest BCUT2D eigenvalue weighted by Gasteiger charge is -2.18. The molecular weight excluding hydrogens is 454 g/mol. The van der Waals surface area contributed by atoms with Gasteiger partial charge in [0.25, 0.3) is 0 Å². The average Bonchev–Trinajstić information content (AvgIpc) is 3.07. The SMILES string of the molecule is COc1cccc(CNC(=O)[C@H](CCSC)NS(=O)(=O)c2ccc3c(c2)oc(=O)n3C)c1. The molecule has 1 atom stereocenters. The summed E-state index contributed by atoms with van der Waals surface area (Å²) in [6, 6.07) is 10.4. The zero-order valence-corrected chi connectivity index (χ0v) is 19.6. The zero-order valence-electron chi connectivity index (χ0n) is 18.0. The Kier molecular flexibility index (Phi) is 7.64. The minimum Gasteiger partial charge on any atom is -0.497 e. The average molecular weight is 480 g/mol. The molecule has 0 aliphatic heterocycles. The van der Waals surface area contributed by atoms with Crippen LogP contribution in [0.25, 0.3) is 11.1 Å². The molecule has 32 heavy (non-hydrogen) atoms. The van der Waals surface area contributed by atoms with Crippen LogP contribution in [0, 0.1) is 0 Å². The van der Waals surface area contributed by atoms with E-state index in [1.54, 1.807) is 19.2 Å². The lowest BCUT2D eigenvalue weighted by molar-refractivity contribution is -0.122. The van der Waals surface area contributed by atoms with Gasteiger partial charge in [-0.1, -0.05) is 12.1 Å². The molecule has 1 aromatic heterocycles. The summed E-state index contributed by atoms with van der Waals surface area (Å²) in [6.07, 6.45) is 2.19. The van der Waals surface area contributed by atoms with E-state index in [0.717, 1.165) is 5.56 Å². The molecule has 0 bridgehead atoms. The topological polar surface area (TPSA) is 120 Å². The molecule has 11 heteroatoms. The Morgan fingerprint density at radius 3 is 2.75 bits per heavy atom. The highest BCUT2D eigenvalue weighted by Crippen LogP contribution is 2.19. The van der Waals surface area contributed by atoms with E-state index in [1.165, 1.54) is 41.6 Å². The molecule has 3 rings (SSSR count). The van der Waals surface area contributed by atoms with Crippen LogP contribution >= 0.6 is 11.8 Å². The molecule has 0 unspecified atom stereocenters. The van der Waals surface area contributed by atoms with Crippen molar-refractivity contribution >= 4 is 38.8 Å². The van der Waals surface area contributed by atoms with Gasteiger partial charge in [0.05, 0.1) is 17.5 Å². The van der Waals surface area contributed by atoms with Gasteiger partial charge in [-0.2, -0.15) is 16.5 Å². The van der Waals surface area contributed by atoms with Gasteiger partial charge in [0.1, 0.15) is 11.8 Å². The largest absolute Gasteiger partial charge is 0.497 e. The summed E-state index contributed by atoms with van der Waals surface area (Å²) in [5.74, 6) is 0.237. The minimum atomic E-state index is -4.03. The molecule has 3 aromatic rings. The van der Waals surface area contributed by atoms with Crippen LogP contribution in [0.1, 0.15) is 12.0 Å². The summed E-state index contributed by atoms with van der Waals surface area (Å²) < 4.78 is 40.0. The number of hydrogen-bond acceptors (Lipinski definition) is 7. The molecule has 0 radical (unpaired) electrons. The van der Waals surface area contributed by atoms with E-state index >= 15 is 0 Å². The first-order chi connectivity index (χ1) is 15.2. The van der Waals surface area contributed by atoms with Crippen LogP contribution in [0.3, 0.4) is 0 Å². The molecule has 172 valence electrons. The predicted octanol–water partition coefficient (Wildman–Crippen LogP) is 1.86. The van der Waals surface area contributed by atoms with Crippen LogP contribution in [0.4, 0.5) is 0 Å². The van der Waals surface area contributed by atoms with Gasteiger partial charge in [-0.05, 0) is 48.3 Å². The van der Waals surface area contributed by atoms with Crippen molar-refractivity contribution in [2.75, 3.05) is 19.1 Å². The quantitative estimate of drug-likeness (QED) is 0.455. The lowest BCUT2D eigenvalue weighted by atomic mass is 10.2. The van der Waals surface area contributed by atoms with Crippen LogP contribution in [-0.2, 0) is 28.4 Å². The maximum Gasteiger partial charge on any atom is 0.419 e. The number of nitrogens with one attached hydrogen (secondary N) is 2. The number of aryl methyl sites for hydroxylation is 1. The first-order valence-corrected chi connectivity index (χ1v) is 12.6. The summed E-state index contributed by atoms with van der Waals surface area (Å²) in [4.78, 5) is 24.4.